The Morgan fingerprint density at radius 1 is 1.26 bits per heavy atom. The molecule has 0 aliphatic carbocycles. The van der Waals surface area contributed by atoms with Gasteiger partial charge in [-0.05, 0) is 74.4 Å². The SMILES string of the molecule is CCOC(=O)N1CCC(C(c2ccc(Cl)cc2C)c2ncccc2C)CC1. The van der Waals surface area contributed by atoms with Gasteiger partial charge in [-0.3, -0.25) is 4.98 Å². The van der Waals surface area contributed by atoms with Crippen molar-refractivity contribution in [3.8, 4) is 0 Å². The number of pyridine rings is 1. The molecular formula is C22H27ClN2O2. The lowest BCUT2D eigenvalue weighted by Gasteiger charge is -2.36. The first-order valence-corrected chi connectivity index (χ1v) is 9.98. The maximum Gasteiger partial charge on any atom is 0.409 e. The van der Waals surface area contributed by atoms with Crippen LogP contribution in [-0.2, 0) is 4.74 Å². The summed E-state index contributed by atoms with van der Waals surface area (Å²) < 4.78 is 5.16. The van der Waals surface area contributed by atoms with Gasteiger partial charge in [0, 0.05) is 30.2 Å². The molecule has 1 saturated heterocycles. The lowest BCUT2D eigenvalue weighted by atomic mass is 9.76. The van der Waals surface area contributed by atoms with Crippen molar-refractivity contribution in [2.75, 3.05) is 19.7 Å². The van der Waals surface area contributed by atoms with E-state index >= 15 is 0 Å². The topological polar surface area (TPSA) is 42.4 Å². The number of rotatable bonds is 4. The monoisotopic (exact) mass is 386 g/mol. The van der Waals surface area contributed by atoms with E-state index in [1.807, 2.05) is 36.2 Å². The summed E-state index contributed by atoms with van der Waals surface area (Å²) >= 11 is 6.19. The minimum absolute atomic E-state index is 0.202. The van der Waals surface area contributed by atoms with E-state index in [4.69, 9.17) is 21.3 Å². The van der Waals surface area contributed by atoms with E-state index in [9.17, 15) is 4.79 Å². The van der Waals surface area contributed by atoms with E-state index in [2.05, 4.69) is 26.0 Å². The average Bonchev–Trinajstić information content (AvgIpc) is 2.66. The van der Waals surface area contributed by atoms with E-state index in [0.717, 1.165) is 36.6 Å². The molecule has 1 aromatic carbocycles. The third kappa shape index (κ3) is 4.44. The van der Waals surface area contributed by atoms with Crippen molar-refractivity contribution < 1.29 is 9.53 Å². The van der Waals surface area contributed by atoms with Crippen molar-refractivity contribution in [3.63, 3.8) is 0 Å². The second-order valence-corrected chi connectivity index (χ2v) is 7.64. The molecular weight excluding hydrogens is 360 g/mol. The number of piperidine rings is 1. The fourth-order valence-corrected chi connectivity index (χ4v) is 4.29. The summed E-state index contributed by atoms with van der Waals surface area (Å²) in [6, 6.07) is 10.2. The van der Waals surface area contributed by atoms with Crippen molar-refractivity contribution in [2.45, 2.75) is 39.5 Å². The van der Waals surface area contributed by atoms with Gasteiger partial charge in [-0.2, -0.15) is 0 Å². The predicted octanol–water partition coefficient (Wildman–Crippen LogP) is 5.35. The summed E-state index contributed by atoms with van der Waals surface area (Å²) in [5.74, 6) is 0.622. The van der Waals surface area contributed by atoms with Crippen LogP contribution in [0.5, 0.6) is 0 Å². The number of carbonyl (C=O) groups is 1. The van der Waals surface area contributed by atoms with Crippen molar-refractivity contribution in [2.24, 2.45) is 5.92 Å². The molecule has 0 N–H and O–H groups in total. The van der Waals surface area contributed by atoms with Gasteiger partial charge in [-0.15, -0.1) is 0 Å². The molecule has 2 heterocycles. The molecule has 0 radical (unpaired) electrons. The van der Waals surface area contributed by atoms with Gasteiger partial charge in [0.2, 0.25) is 0 Å². The zero-order valence-corrected chi connectivity index (χ0v) is 17.0. The van der Waals surface area contributed by atoms with Crippen LogP contribution in [0.4, 0.5) is 4.79 Å². The Labute approximate surface area is 166 Å². The molecule has 144 valence electrons. The smallest absolute Gasteiger partial charge is 0.409 e. The largest absolute Gasteiger partial charge is 0.450 e. The zero-order valence-electron chi connectivity index (χ0n) is 16.2. The molecule has 1 unspecified atom stereocenters. The average molecular weight is 387 g/mol. The highest BCUT2D eigenvalue weighted by molar-refractivity contribution is 6.30. The van der Waals surface area contributed by atoms with Gasteiger partial charge in [0.1, 0.15) is 0 Å². The van der Waals surface area contributed by atoms with Crippen molar-refractivity contribution in [1.29, 1.82) is 0 Å². The standard InChI is InChI=1S/C22H27ClN2O2/c1-4-27-22(26)25-12-9-17(10-13-25)20(21-15(2)6-5-11-24-21)19-8-7-18(23)14-16(19)3/h5-8,11,14,17,20H,4,9-10,12-13H2,1-3H3. The van der Waals surface area contributed by atoms with Gasteiger partial charge in [0.25, 0.3) is 0 Å². The van der Waals surface area contributed by atoms with Crippen LogP contribution in [0.25, 0.3) is 0 Å². The minimum Gasteiger partial charge on any atom is -0.450 e. The molecule has 1 aliphatic rings. The highest BCUT2D eigenvalue weighted by atomic mass is 35.5. The van der Waals surface area contributed by atoms with Gasteiger partial charge in [0.15, 0.2) is 0 Å². The number of benzene rings is 1. The number of hydrogen-bond donors (Lipinski definition) is 0. The molecule has 2 aromatic rings. The molecule has 1 aromatic heterocycles. The fraction of sp³-hybridized carbons (Fsp3) is 0.455. The second-order valence-electron chi connectivity index (χ2n) is 7.21. The normalized spacial score (nSPS) is 16.2. The van der Waals surface area contributed by atoms with Crippen molar-refractivity contribution in [3.05, 3.63) is 63.9 Å². The number of aromatic nitrogens is 1. The third-order valence-electron chi connectivity index (χ3n) is 5.45. The first-order chi connectivity index (χ1) is 13.0. The lowest BCUT2D eigenvalue weighted by molar-refractivity contribution is 0.0900. The van der Waals surface area contributed by atoms with Crippen LogP contribution in [0.1, 0.15) is 48.1 Å². The molecule has 1 fully saturated rings. The number of amides is 1. The van der Waals surface area contributed by atoms with E-state index in [-0.39, 0.29) is 12.0 Å². The van der Waals surface area contributed by atoms with Crippen LogP contribution < -0.4 is 0 Å². The fourth-order valence-electron chi connectivity index (χ4n) is 4.07. The van der Waals surface area contributed by atoms with Crippen LogP contribution >= 0.6 is 11.6 Å². The Morgan fingerprint density at radius 3 is 2.63 bits per heavy atom. The lowest BCUT2D eigenvalue weighted by Crippen LogP contribution is -2.40. The van der Waals surface area contributed by atoms with E-state index < -0.39 is 0 Å². The Kier molecular flexibility index (Phi) is 6.38. The molecule has 1 aliphatic heterocycles. The molecule has 4 nitrogen and oxygen atoms in total. The van der Waals surface area contributed by atoms with E-state index in [1.54, 1.807) is 0 Å². The molecule has 1 amide bonds. The van der Waals surface area contributed by atoms with Crippen molar-refractivity contribution >= 4 is 17.7 Å². The van der Waals surface area contributed by atoms with Gasteiger partial charge >= 0.3 is 6.09 Å². The molecule has 27 heavy (non-hydrogen) atoms. The van der Waals surface area contributed by atoms with Gasteiger partial charge in [-0.1, -0.05) is 23.7 Å². The van der Waals surface area contributed by atoms with Crippen LogP contribution in [0.3, 0.4) is 0 Å². The number of halogens is 1. The number of likely N-dealkylation sites (tertiary alicyclic amines) is 1. The number of ether oxygens (including phenoxy) is 1. The Hall–Kier alpha value is -2.07. The number of aryl methyl sites for hydroxylation is 2. The van der Waals surface area contributed by atoms with E-state index in [1.165, 1.54) is 16.7 Å². The predicted molar refractivity (Wildman–Crippen MR) is 108 cm³/mol. The summed E-state index contributed by atoms with van der Waals surface area (Å²) in [7, 11) is 0. The van der Waals surface area contributed by atoms with Crippen LogP contribution in [0.15, 0.2) is 36.5 Å². The quantitative estimate of drug-likeness (QED) is 0.711. The highest BCUT2D eigenvalue weighted by Crippen LogP contribution is 2.40. The Bertz CT molecular complexity index is 801. The van der Waals surface area contributed by atoms with Crippen molar-refractivity contribution in [1.82, 2.24) is 9.88 Å². The molecule has 0 saturated carbocycles. The van der Waals surface area contributed by atoms with Crippen LogP contribution in [-0.4, -0.2) is 35.7 Å². The Morgan fingerprint density at radius 2 is 2.00 bits per heavy atom. The van der Waals surface area contributed by atoms with Crippen LogP contribution in [0, 0.1) is 19.8 Å². The number of nitrogens with zero attached hydrogens (tertiary/aromatic N) is 2. The summed E-state index contributed by atoms with van der Waals surface area (Å²) in [6.45, 7) is 7.93. The molecule has 3 rings (SSSR count). The highest BCUT2D eigenvalue weighted by Gasteiger charge is 2.33. The molecule has 0 bridgehead atoms. The molecule has 5 heteroatoms. The van der Waals surface area contributed by atoms with E-state index in [0.29, 0.717) is 12.5 Å². The zero-order chi connectivity index (χ0) is 19.4. The first kappa shape index (κ1) is 19.7. The maximum atomic E-state index is 12.0. The Balaban J connectivity index is 1.90. The third-order valence-corrected chi connectivity index (χ3v) is 5.68. The summed E-state index contributed by atoms with van der Waals surface area (Å²) in [4.78, 5) is 18.6. The summed E-state index contributed by atoms with van der Waals surface area (Å²) in [5, 5.41) is 0.755. The first-order valence-electron chi connectivity index (χ1n) is 9.60. The van der Waals surface area contributed by atoms with Gasteiger partial charge in [0.05, 0.1) is 12.3 Å². The van der Waals surface area contributed by atoms with Crippen LogP contribution in [0.2, 0.25) is 5.02 Å². The number of carbonyl (C=O) groups excluding carboxylic acids is 1. The maximum absolute atomic E-state index is 12.0. The summed E-state index contributed by atoms with van der Waals surface area (Å²) in [5.41, 5.74) is 4.78. The second kappa shape index (κ2) is 8.75. The molecule has 1 atom stereocenters. The summed E-state index contributed by atoms with van der Waals surface area (Å²) in [6.07, 6.45) is 3.53. The minimum atomic E-state index is -0.204. The van der Waals surface area contributed by atoms with Gasteiger partial charge < -0.3 is 9.64 Å². The number of hydrogen-bond acceptors (Lipinski definition) is 3. The molecule has 0 spiro atoms. The van der Waals surface area contributed by atoms with Gasteiger partial charge in [-0.25, -0.2) is 4.79 Å².